The number of phenolic OH excluding ortho intramolecular Hbond substituents is 1. The van der Waals surface area contributed by atoms with Crippen molar-refractivity contribution in [2.75, 3.05) is 0 Å². The van der Waals surface area contributed by atoms with Crippen LogP contribution in [0.3, 0.4) is 0 Å². The average molecular weight is 376 g/mol. The third-order valence-corrected chi connectivity index (χ3v) is 4.45. The Hall–Kier alpha value is -2.84. The number of aromatic hydroxyl groups is 1. The first kappa shape index (κ1) is 17.0. The summed E-state index contributed by atoms with van der Waals surface area (Å²) in [5.74, 6) is -0.803. The second-order valence-corrected chi connectivity index (χ2v) is 6.38. The topological polar surface area (TPSA) is 105 Å². The largest absolute Gasteiger partial charge is 0.502 e. The number of para-hydroxylation sites is 1. The molecule has 0 aromatic heterocycles. The molecule has 2 N–H and O–H groups in total. The highest BCUT2D eigenvalue weighted by Gasteiger charge is 2.24. The molecule has 1 saturated heterocycles. The van der Waals surface area contributed by atoms with Gasteiger partial charge in [-0.25, -0.2) is 4.99 Å². The average Bonchev–Trinajstić information content (AvgIpc) is 2.90. The molecule has 1 fully saturated rings. The van der Waals surface area contributed by atoms with Crippen molar-refractivity contribution >= 4 is 51.9 Å². The van der Waals surface area contributed by atoms with Gasteiger partial charge in [0.2, 0.25) is 0 Å². The van der Waals surface area contributed by atoms with Gasteiger partial charge in [-0.05, 0) is 41.6 Å². The van der Waals surface area contributed by atoms with Crippen molar-refractivity contribution < 1.29 is 14.8 Å². The molecule has 2 aromatic rings. The number of nitro benzene ring substituents is 1. The number of hydrogen-bond acceptors (Lipinski definition) is 6. The number of phenols is 1. The van der Waals surface area contributed by atoms with Gasteiger partial charge >= 0.3 is 5.69 Å². The van der Waals surface area contributed by atoms with E-state index in [1.54, 1.807) is 24.3 Å². The number of amides is 1. The van der Waals surface area contributed by atoms with Crippen LogP contribution in [0.1, 0.15) is 5.56 Å². The van der Waals surface area contributed by atoms with Gasteiger partial charge in [-0.3, -0.25) is 14.9 Å². The summed E-state index contributed by atoms with van der Waals surface area (Å²) in [4.78, 5) is 26.8. The van der Waals surface area contributed by atoms with Crippen molar-refractivity contribution in [1.29, 1.82) is 0 Å². The lowest BCUT2D eigenvalue weighted by Crippen LogP contribution is -2.19. The number of hydrogen-bond donors (Lipinski definition) is 2. The molecule has 0 saturated carbocycles. The minimum atomic E-state index is -0.691. The Kier molecular flexibility index (Phi) is 4.73. The van der Waals surface area contributed by atoms with E-state index in [1.165, 1.54) is 24.3 Å². The first-order chi connectivity index (χ1) is 11.9. The van der Waals surface area contributed by atoms with Crippen molar-refractivity contribution in [2.24, 2.45) is 4.99 Å². The van der Waals surface area contributed by atoms with Gasteiger partial charge in [-0.1, -0.05) is 29.8 Å². The van der Waals surface area contributed by atoms with Crippen LogP contribution in [0.2, 0.25) is 5.02 Å². The minimum Gasteiger partial charge on any atom is -0.502 e. The van der Waals surface area contributed by atoms with Crippen LogP contribution >= 0.6 is 23.4 Å². The fourth-order valence-electron chi connectivity index (χ4n) is 2.06. The zero-order valence-electron chi connectivity index (χ0n) is 12.5. The lowest BCUT2D eigenvalue weighted by Gasteiger charge is -1.99. The Labute approximate surface area is 151 Å². The summed E-state index contributed by atoms with van der Waals surface area (Å²) < 4.78 is 0. The first-order valence-corrected chi connectivity index (χ1v) is 8.15. The van der Waals surface area contributed by atoms with Crippen LogP contribution < -0.4 is 5.32 Å². The van der Waals surface area contributed by atoms with Crippen molar-refractivity contribution in [3.63, 3.8) is 0 Å². The number of carbonyl (C=O) groups excluding carboxylic acids is 1. The summed E-state index contributed by atoms with van der Waals surface area (Å²) in [7, 11) is 0. The number of benzene rings is 2. The maximum absolute atomic E-state index is 12.1. The molecule has 0 atom stereocenters. The Morgan fingerprint density at radius 2 is 2.04 bits per heavy atom. The molecule has 1 heterocycles. The Bertz CT molecular complexity index is 943. The minimum absolute atomic E-state index is 0.325. The summed E-state index contributed by atoms with van der Waals surface area (Å²) >= 11 is 7.13. The molecule has 2 aromatic carbocycles. The van der Waals surface area contributed by atoms with Crippen LogP contribution in [0, 0.1) is 10.1 Å². The molecule has 0 unspecified atom stereocenters. The molecule has 9 heteroatoms. The van der Waals surface area contributed by atoms with Crippen LogP contribution in [0.25, 0.3) is 6.08 Å². The number of rotatable bonds is 3. The van der Waals surface area contributed by atoms with Crippen molar-refractivity contribution in [3.8, 4) is 5.75 Å². The fraction of sp³-hybridized carbons (Fsp3) is 0. The lowest BCUT2D eigenvalue weighted by molar-refractivity contribution is -0.385. The number of aliphatic imine (C=N–C) groups is 1. The molecule has 1 aliphatic heterocycles. The monoisotopic (exact) mass is 375 g/mol. The number of nitrogens with one attached hydrogen (secondary N) is 1. The second kappa shape index (κ2) is 6.96. The zero-order valence-corrected chi connectivity index (χ0v) is 14.0. The number of amidine groups is 1. The van der Waals surface area contributed by atoms with Gasteiger partial charge in [-0.2, -0.15) is 0 Å². The Balaban J connectivity index is 1.88. The highest BCUT2D eigenvalue weighted by atomic mass is 35.5. The van der Waals surface area contributed by atoms with Crippen LogP contribution in [0.15, 0.2) is 52.4 Å². The van der Waals surface area contributed by atoms with Crippen molar-refractivity contribution in [2.45, 2.75) is 0 Å². The molecule has 0 spiro atoms. The Morgan fingerprint density at radius 3 is 2.76 bits per heavy atom. The number of halogens is 1. The first-order valence-electron chi connectivity index (χ1n) is 6.95. The summed E-state index contributed by atoms with van der Waals surface area (Å²) in [6.07, 6.45) is 1.49. The van der Waals surface area contributed by atoms with Gasteiger partial charge in [0, 0.05) is 6.07 Å². The molecule has 7 nitrogen and oxygen atoms in total. The standard InChI is InChI=1S/C16H10ClN3O4S/c17-10-3-1-2-4-11(10)18-16-19-15(22)14(25-16)8-9-5-6-13(21)12(7-9)20(23)24/h1-8,21H,(H,18,19,22)/b14-8+. The fourth-order valence-corrected chi connectivity index (χ4v) is 3.07. The van der Waals surface area contributed by atoms with Crippen LogP contribution in [-0.2, 0) is 4.79 Å². The van der Waals surface area contributed by atoms with E-state index < -0.39 is 16.4 Å². The van der Waals surface area contributed by atoms with E-state index in [4.69, 9.17) is 11.6 Å². The molecule has 0 radical (unpaired) electrons. The van der Waals surface area contributed by atoms with Gasteiger partial charge in [0.25, 0.3) is 5.91 Å². The maximum atomic E-state index is 12.1. The molecule has 126 valence electrons. The van der Waals surface area contributed by atoms with E-state index in [1.807, 2.05) is 0 Å². The maximum Gasteiger partial charge on any atom is 0.311 e. The molecular weight excluding hydrogens is 366 g/mol. The zero-order chi connectivity index (χ0) is 18.0. The SMILES string of the molecule is O=C1NC(=Nc2ccccc2Cl)S/C1=C/c1ccc(O)c([N+](=O)[O-])c1. The molecule has 1 amide bonds. The van der Waals surface area contributed by atoms with Gasteiger partial charge in [0.05, 0.1) is 20.5 Å². The normalized spacial score (nSPS) is 17.1. The van der Waals surface area contributed by atoms with E-state index in [-0.39, 0.29) is 5.91 Å². The van der Waals surface area contributed by atoms with E-state index in [2.05, 4.69) is 10.3 Å². The molecule has 0 bridgehead atoms. The highest BCUT2D eigenvalue weighted by Crippen LogP contribution is 2.32. The van der Waals surface area contributed by atoms with Crippen molar-refractivity contribution in [3.05, 3.63) is 68.1 Å². The predicted octanol–water partition coefficient (Wildman–Crippen LogP) is 3.85. The number of nitrogens with zero attached hydrogens (tertiary/aromatic N) is 2. The van der Waals surface area contributed by atoms with E-state index >= 15 is 0 Å². The summed E-state index contributed by atoms with van der Waals surface area (Å²) in [6, 6.07) is 10.8. The lowest BCUT2D eigenvalue weighted by atomic mass is 10.1. The number of nitro groups is 1. The molecule has 3 rings (SSSR count). The van der Waals surface area contributed by atoms with E-state index in [9.17, 15) is 20.0 Å². The third-order valence-electron chi connectivity index (χ3n) is 3.22. The molecule has 25 heavy (non-hydrogen) atoms. The van der Waals surface area contributed by atoms with Gasteiger partial charge in [0.15, 0.2) is 10.9 Å². The molecule has 1 aliphatic rings. The van der Waals surface area contributed by atoms with Crippen LogP contribution in [-0.4, -0.2) is 21.1 Å². The van der Waals surface area contributed by atoms with E-state index in [0.717, 1.165) is 11.8 Å². The molecular formula is C16H10ClN3O4S. The summed E-state index contributed by atoms with van der Waals surface area (Å²) in [5.41, 5.74) is 0.511. The number of thioether (sulfide) groups is 1. The second-order valence-electron chi connectivity index (χ2n) is 4.94. The number of carbonyl (C=O) groups is 1. The molecule has 0 aliphatic carbocycles. The summed E-state index contributed by atoms with van der Waals surface area (Å²) in [6.45, 7) is 0. The highest BCUT2D eigenvalue weighted by molar-refractivity contribution is 8.18. The third kappa shape index (κ3) is 3.81. The predicted molar refractivity (Wildman–Crippen MR) is 97.0 cm³/mol. The van der Waals surface area contributed by atoms with Crippen LogP contribution in [0.4, 0.5) is 11.4 Å². The van der Waals surface area contributed by atoms with Crippen LogP contribution in [0.5, 0.6) is 5.75 Å². The van der Waals surface area contributed by atoms with E-state index in [0.29, 0.717) is 26.3 Å². The van der Waals surface area contributed by atoms with Gasteiger partial charge in [0.1, 0.15) is 0 Å². The van der Waals surface area contributed by atoms with Gasteiger partial charge < -0.3 is 10.4 Å². The smallest absolute Gasteiger partial charge is 0.311 e. The van der Waals surface area contributed by atoms with Crippen molar-refractivity contribution in [1.82, 2.24) is 5.32 Å². The Morgan fingerprint density at radius 1 is 1.28 bits per heavy atom. The summed E-state index contributed by atoms with van der Waals surface area (Å²) in [5, 5.41) is 23.8. The quantitative estimate of drug-likeness (QED) is 0.481. The van der Waals surface area contributed by atoms with Gasteiger partial charge in [-0.15, -0.1) is 0 Å².